The summed E-state index contributed by atoms with van der Waals surface area (Å²) in [4.78, 5) is 0. The normalized spacial score (nSPS) is 11.0. The lowest BCUT2D eigenvalue weighted by atomic mass is 10.4. The summed E-state index contributed by atoms with van der Waals surface area (Å²) >= 11 is 0. The van der Waals surface area contributed by atoms with Crippen LogP contribution in [0.5, 0.6) is 0 Å². The molecule has 0 atom stereocenters. The van der Waals surface area contributed by atoms with Crippen molar-refractivity contribution in [2.75, 3.05) is 0 Å². The number of nitrogens with zero attached hydrogens (tertiary/aromatic N) is 2. The molecule has 0 unspecified atom stereocenters. The quantitative estimate of drug-likeness (QED) is 0.393. The topological polar surface area (TPSA) is 43.3 Å². The molecule has 1 heterocycles. The third-order valence-corrected chi connectivity index (χ3v) is 1.54. The summed E-state index contributed by atoms with van der Waals surface area (Å²) in [6.07, 6.45) is 4.82. The fourth-order valence-corrected chi connectivity index (χ4v) is 1.07. The molecular formula is C8H13N3. The van der Waals surface area contributed by atoms with Crippen LogP contribution >= 0.6 is 0 Å². The van der Waals surface area contributed by atoms with Crippen molar-refractivity contribution >= 4 is 6.21 Å². The van der Waals surface area contributed by atoms with Gasteiger partial charge < -0.3 is 10.4 Å². The van der Waals surface area contributed by atoms with E-state index in [4.69, 9.17) is 5.84 Å². The van der Waals surface area contributed by atoms with Crippen LogP contribution in [0.3, 0.4) is 0 Å². The van der Waals surface area contributed by atoms with E-state index < -0.39 is 0 Å². The summed E-state index contributed by atoms with van der Waals surface area (Å²) < 4.78 is 2.12. The van der Waals surface area contributed by atoms with Gasteiger partial charge in [-0.3, -0.25) is 0 Å². The van der Waals surface area contributed by atoms with Crippen LogP contribution in [0.2, 0.25) is 0 Å². The monoisotopic (exact) mass is 151 g/mol. The zero-order valence-corrected chi connectivity index (χ0v) is 6.70. The minimum atomic E-state index is 1.02. The number of hydrogen-bond donors (Lipinski definition) is 1. The minimum absolute atomic E-state index is 1.02. The molecule has 11 heavy (non-hydrogen) atoms. The van der Waals surface area contributed by atoms with Crippen LogP contribution in [-0.4, -0.2) is 10.8 Å². The molecule has 0 aliphatic carbocycles. The molecule has 0 saturated carbocycles. The molecule has 0 bridgehead atoms. The van der Waals surface area contributed by atoms with Crippen molar-refractivity contribution in [2.45, 2.75) is 19.9 Å². The smallest absolute Gasteiger partial charge is 0.0702 e. The van der Waals surface area contributed by atoms with E-state index in [0.717, 1.165) is 18.7 Å². The Kier molecular flexibility index (Phi) is 2.72. The van der Waals surface area contributed by atoms with Crippen LogP contribution < -0.4 is 5.84 Å². The molecule has 0 amide bonds. The first-order chi connectivity index (χ1) is 5.38. The van der Waals surface area contributed by atoms with Gasteiger partial charge >= 0.3 is 0 Å². The van der Waals surface area contributed by atoms with Gasteiger partial charge in [0.2, 0.25) is 0 Å². The number of aryl methyl sites for hydroxylation is 1. The molecule has 0 aromatic carbocycles. The Hall–Kier alpha value is -1.25. The number of nitrogens with two attached hydrogens (primary N) is 1. The Morgan fingerprint density at radius 3 is 3.18 bits per heavy atom. The summed E-state index contributed by atoms with van der Waals surface area (Å²) in [6.45, 7) is 3.16. The maximum absolute atomic E-state index is 5.04. The highest BCUT2D eigenvalue weighted by atomic mass is 15.1. The highest BCUT2D eigenvalue weighted by Crippen LogP contribution is 1.99. The van der Waals surface area contributed by atoms with Gasteiger partial charge in [-0.1, -0.05) is 6.92 Å². The van der Waals surface area contributed by atoms with Crippen LogP contribution in [0.25, 0.3) is 0 Å². The van der Waals surface area contributed by atoms with Crippen molar-refractivity contribution in [2.24, 2.45) is 10.9 Å². The van der Waals surface area contributed by atoms with E-state index in [-0.39, 0.29) is 0 Å². The van der Waals surface area contributed by atoms with Crippen molar-refractivity contribution in [1.29, 1.82) is 0 Å². The van der Waals surface area contributed by atoms with Crippen LogP contribution in [0, 0.1) is 0 Å². The summed E-state index contributed by atoms with van der Waals surface area (Å²) in [5.41, 5.74) is 1.06. The van der Waals surface area contributed by atoms with E-state index in [9.17, 15) is 0 Å². The van der Waals surface area contributed by atoms with E-state index in [0.29, 0.717) is 0 Å². The first kappa shape index (κ1) is 7.85. The molecule has 0 spiro atoms. The van der Waals surface area contributed by atoms with E-state index in [1.54, 1.807) is 6.21 Å². The number of hydrogen-bond acceptors (Lipinski definition) is 2. The number of hydrazone groups is 1. The SMILES string of the molecule is CCCn1cccc1/C=N/N. The van der Waals surface area contributed by atoms with Gasteiger partial charge in [-0.2, -0.15) is 5.10 Å². The summed E-state index contributed by atoms with van der Waals surface area (Å²) in [5, 5.41) is 3.48. The van der Waals surface area contributed by atoms with Crippen molar-refractivity contribution in [3.63, 3.8) is 0 Å². The molecule has 1 aromatic heterocycles. The molecule has 60 valence electrons. The van der Waals surface area contributed by atoms with Crippen LogP contribution in [0.1, 0.15) is 19.0 Å². The first-order valence-corrected chi connectivity index (χ1v) is 3.77. The second-order valence-electron chi connectivity index (χ2n) is 2.40. The van der Waals surface area contributed by atoms with E-state index in [2.05, 4.69) is 16.6 Å². The minimum Gasteiger partial charge on any atom is -0.347 e. The Bertz CT molecular complexity index is 237. The fraction of sp³-hybridized carbons (Fsp3) is 0.375. The van der Waals surface area contributed by atoms with Crippen molar-refractivity contribution in [1.82, 2.24) is 4.57 Å². The lowest BCUT2D eigenvalue weighted by molar-refractivity contribution is 0.679. The average Bonchev–Trinajstić information content (AvgIpc) is 2.39. The molecule has 0 saturated heterocycles. The Morgan fingerprint density at radius 2 is 2.55 bits per heavy atom. The maximum atomic E-state index is 5.04. The van der Waals surface area contributed by atoms with Gasteiger partial charge in [0.15, 0.2) is 0 Å². The predicted molar refractivity (Wildman–Crippen MR) is 46.5 cm³/mol. The fourth-order valence-electron chi connectivity index (χ4n) is 1.07. The highest BCUT2D eigenvalue weighted by Gasteiger charge is 1.94. The highest BCUT2D eigenvalue weighted by molar-refractivity contribution is 5.77. The third-order valence-electron chi connectivity index (χ3n) is 1.54. The van der Waals surface area contributed by atoms with Gasteiger partial charge in [-0.15, -0.1) is 0 Å². The molecule has 0 fully saturated rings. The number of rotatable bonds is 3. The van der Waals surface area contributed by atoms with Gasteiger partial charge in [0.05, 0.1) is 11.9 Å². The zero-order chi connectivity index (χ0) is 8.10. The van der Waals surface area contributed by atoms with Crippen LogP contribution in [0.4, 0.5) is 0 Å². The van der Waals surface area contributed by atoms with E-state index in [1.807, 2.05) is 18.3 Å². The molecule has 0 aliphatic rings. The molecule has 2 N–H and O–H groups in total. The van der Waals surface area contributed by atoms with Gasteiger partial charge in [0.1, 0.15) is 0 Å². The molecule has 0 aliphatic heterocycles. The summed E-state index contributed by atoms with van der Waals surface area (Å²) in [7, 11) is 0. The van der Waals surface area contributed by atoms with Crippen molar-refractivity contribution in [3.8, 4) is 0 Å². The molecule has 3 heteroatoms. The average molecular weight is 151 g/mol. The Morgan fingerprint density at radius 1 is 1.73 bits per heavy atom. The van der Waals surface area contributed by atoms with Gasteiger partial charge in [0, 0.05) is 12.7 Å². The van der Waals surface area contributed by atoms with E-state index in [1.165, 1.54) is 0 Å². The standard InChI is InChI=1S/C8H13N3/c1-2-5-11-6-3-4-8(11)7-10-9/h3-4,6-7H,2,5,9H2,1H3/b10-7+. The van der Waals surface area contributed by atoms with Crippen LogP contribution in [-0.2, 0) is 6.54 Å². The van der Waals surface area contributed by atoms with E-state index >= 15 is 0 Å². The zero-order valence-electron chi connectivity index (χ0n) is 6.70. The lowest BCUT2D eigenvalue weighted by Crippen LogP contribution is -2.00. The molecule has 1 rings (SSSR count). The van der Waals surface area contributed by atoms with Gasteiger partial charge in [0.25, 0.3) is 0 Å². The molecule has 0 radical (unpaired) electrons. The maximum Gasteiger partial charge on any atom is 0.0702 e. The lowest BCUT2D eigenvalue weighted by Gasteiger charge is -2.01. The second-order valence-corrected chi connectivity index (χ2v) is 2.40. The predicted octanol–water partition coefficient (Wildman–Crippen LogP) is 1.19. The van der Waals surface area contributed by atoms with Crippen molar-refractivity contribution in [3.05, 3.63) is 24.0 Å². The number of aromatic nitrogens is 1. The third kappa shape index (κ3) is 1.83. The van der Waals surface area contributed by atoms with Crippen LogP contribution in [0.15, 0.2) is 23.4 Å². The second kappa shape index (κ2) is 3.81. The summed E-state index contributed by atoms with van der Waals surface area (Å²) in [5.74, 6) is 5.04. The summed E-state index contributed by atoms with van der Waals surface area (Å²) in [6, 6.07) is 3.98. The Balaban J connectivity index is 2.78. The largest absolute Gasteiger partial charge is 0.347 e. The Labute approximate surface area is 66.5 Å². The molecular weight excluding hydrogens is 138 g/mol. The first-order valence-electron chi connectivity index (χ1n) is 3.77. The van der Waals surface area contributed by atoms with Gasteiger partial charge in [-0.25, -0.2) is 0 Å². The molecule has 3 nitrogen and oxygen atoms in total. The van der Waals surface area contributed by atoms with Crippen molar-refractivity contribution < 1.29 is 0 Å². The van der Waals surface area contributed by atoms with Gasteiger partial charge in [-0.05, 0) is 18.6 Å². The molecule has 1 aromatic rings.